The Hall–Kier alpha value is -2.75. The number of benzene rings is 1. The van der Waals surface area contributed by atoms with E-state index in [9.17, 15) is 5.26 Å². The summed E-state index contributed by atoms with van der Waals surface area (Å²) in [5.74, 6) is -0.155. The summed E-state index contributed by atoms with van der Waals surface area (Å²) in [6, 6.07) is 9.38. The number of pyridine rings is 1. The molecule has 3 aromatic rings. The summed E-state index contributed by atoms with van der Waals surface area (Å²) in [4.78, 5) is 4.43. The number of ether oxygens (including phenoxy) is 1. The van der Waals surface area contributed by atoms with Gasteiger partial charge in [-0.15, -0.1) is 5.10 Å². The highest BCUT2D eigenvalue weighted by molar-refractivity contribution is 6.32. The second-order valence-corrected chi connectivity index (χ2v) is 6.49. The van der Waals surface area contributed by atoms with Gasteiger partial charge in [-0.1, -0.05) is 29.3 Å². The number of aromatic amines is 1. The van der Waals surface area contributed by atoms with Crippen molar-refractivity contribution in [1.29, 1.82) is 5.26 Å². The number of aromatic nitrogens is 3. The van der Waals surface area contributed by atoms with Crippen LogP contribution in [0.15, 0.2) is 35.7 Å². The van der Waals surface area contributed by atoms with Crippen LogP contribution in [0.25, 0.3) is 10.9 Å². The molecule has 0 saturated carbocycles. The third kappa shape index (κ3) is 2.40. The van der Waals surface area contributed by atoms with Crippen LogP contribution >= 0.6 is 23.2 Å². The van der Waals surface area contributed by atoms with Crippen LogP contribution in [-0.4, -0.2) is 15.2 Å². The van der Waals surface area contributed by atoms with E-state index in [0.717, 1.165) is 16.6 Å². The predicted molar refractivity (Wildman–Crippen MR) is 94.4 cm³/mol. The summed E-state index contributed by atoms with van der Waals surface area (Å²) in [6.45, 7) is 1.85. The summed E-state index contributed by atoms with van der Waals surface area (Å²) >= 11 is 12.5. The second kappa shape index (κ2) is 5.66. The molecular weight excluding hydrogens is 361 g/mol. The molecular formula is C17H11Cl2N5O. The number of nitrogens with zero attached hydrogens (tertiary/aromatic N) is 3. The highest BCUT2D eigenvalue weighted by atomic mass is 35.5. The molecule has 8 heteroatoms. The van der Waals surface area contributed by atoms with Crippen LogP contribution in [0.4, 0.5) is 0 Å². The molecule has 3 N–H and O–H groups in total. The monoisotopic (exact) mass is 371 g/mol. The number of halogens is 2. The van der Waals surface area contributed by atoms with Gasteiger partial charge < -0.3 is 10.5 Å². The lowest BCUT2D eigenvalue weighted by Gasteiger charge is -2.24. The van der Waals surface area contributed by atoms with E-state index in [0.29, 0.717) is 22.0 Å². The first-order valence-electron chi connectivity index (χ1n) is 7.37. The number of nitrogens with one attached hydrogen (secondary N) is 1. The van der Waals surface area contributed by atoms with Crippen LogP contribution in [0.2, 0.25) is 10.2 Å². The topological polar surface area (TPSA) is 101 Å². The maximum absolute atomic E-state index is 9.61. The zero-order valence-electron chi connectivity index (χ0n) is 13.0. The number of fused-ring (bicyclic) bond motifs is 2. The minimum Gasteiger partial charge on any atom is -0.420 e. The third-order valence-electron chi connectivity index (χ3n) is 4.20. The van der Waals surface area contributed by atoms with Crippen molar-refractivity contribution in [3.8, 4) is 11.9 Å². The fraction of sp³-hybridized carbons (Fsp3) is 0.118. The van der Waals surface area contributed by atoms with Gasteiger partial charge >= 0.3 is 0 Å². The molecule has 1 atom stereocenters. The summed E-state index contributed by atoms with van der Waals surface area (Å²) in [6.07, 6.45) is 0. The molecule has 1 aliphatic heterocycles. The number of nitrogens with two attached hydrogens (primary N) is 1. The van der Waals surface area contributed by atoms with Crippen molar-refractivity contribution < 1.29 is 4.74 Å². The summed E-state index contributed by atoms with van der Waals surface area (Å²) in [7, 11) is 0. The molecule has 1 aromatic carbocycles. The summed E-state index contributed by atoms with van der Waals surface area (Å²) in [5, 5.41) is 18.3. The molecule has 6 nitrogen and oxygen atoms in total. The first-order chi connectivity index (χ1) is 12.0. The van der Waals surface area contributed by atoms with Gasteiger partial charge in [0.25, 0.3) is 0 Å². The molecule has 3 heterocycles. The van der Waals surface area contributed by atoms with E-state index < -0.39 is 5.92 Å². The number of hydrogen-bond donors (Lipinski definition) is 2. The van der Waals surface area contributed by atoms with Crippen LogP contribution in [-0.2, 0) is 0 Å². The summed E-state index contributed by atoms with van der Waals surface area (Å²) in [5.41, 5.74) is 9.02. The Morgan fingerprint density at radius 2 is 2.12 bits per heavy atom. The molecule has 0 amide bonds. The van der Waals surface area contributed by atoms with Crippen molar-refractivity contribution in [2.45, 2.75) is 12.8 Å². The molecule has 0 spiro atoms. The van der Waals surface area contributed by atoms with Crippen molar-refractivity contribution in [3.05, 3.63) is 62.7 Å². The Morgan fingerprint density at radius 3 is 2.88 bits per heavy atom. The number of H-pyrrole nitrogens is 1. The quantitative estimate of drug-likeness (QED) is 0.633. The Bertz CT molecular complexity index is 1100. The van der Waals surface area contributed by atoms with Gasteiger partial charge in [-0.05, 0) is 25.1 Å². The zero-order chi connectivity index (χ0) is 17.7. The highest BCUT2D eigenvalue weighted by Gasteiger charge is 2.35. The van der Waals surface area contributed by atoms with Gasteiger partial charge in [-0.3, -0.25) is 5.10 Å². The fourth-order valence-corrected chi connectivity index (χ4v) is 3.47. The second-order valence-electron chi connectivity index (χ2n) is 5.70. The molecule has 1 unspecified atom stereocenters. The van der Waals surface area contributed by atoms with Crippen molar-refractivity contribution in [1.82, 2.24) is 15.2 Å². The van der Waals surface area contributed by atoms with E-state index in [-0.39, 0.29) is 16.6 Å². The van der Waals surface area contributed by atoms with Gasteiger partial charge in [0.15, 0.2) is 0 Å². The zero-order valence-corrected chi connectivity index (χ0v) is 14.5. The van der Waals surface area contributed by atoms with Gasteiger partial charge in [0.05, 0.1) is 11.4 Å². The van der Waals surface area contributed by atoms with E-state index in [2.05, 4.69) is 21.3 Å². The lowest BCUT2D eigenvalue weighted by atomic mass is 9.84. The van der Waals surface area contributed by atoms with Crippen LogP contribution in [0.3, 0.4) is 0 Å². The van der Waals surface area contributed by atoms with Gasteiger partial charge in [0.2, 0.25) is 11.8 Å². The van der Waals surface area contributed by atoms with Crippen LogP contribution in [0, 0.1) is 18.3 Å². The molecule has 0 bridgehead atoms. The summed E-state index contributed by atoms with van der Waals surface area (Å²) < 4.78 is 5.46. The molecule has 0 aliphatic carbocycles. The fourth-order valence-electron chi connectivity index (χ4n) is 3.05. The van der Waals surface area contributed by atoms with Crippen molar-refractivity contribution in [2.75, 3.05) is 0 Å². The van der Waals surface area contributed by atoms with Gasteiger partial charge in [-0.2, -0.15) is 5.26 Å². The van der Waals surface area contributed by atoms with E-state index in [1.54, 1.807) is 12.1 Å². The van der Waals surface area contributed by atoms with Crippen LogP contribution in [0.5, 0.6) is 5.88 Å². The Morgan fingerprint density at radius 1 is 1.32 bits per heavy atom. The SMILES string of the molecule is Cc1[nH]nc2c1C(c1cc3ccc(Cl)cc3nc1Cl)C(C#N)=C(N)O2. The molecule has 1 aliphatic rings. The number of aryl methyl sites for hydroxylation is 1. The van der Waals surface area contributed by atoms with Gasteiger partial charge in [0, 0.05) is 27.2 Å². The molecule has 25 heavy (non-hydrogen) atoms. The molecule has 4 rings (SSSR count). The van der Waals surface area contributed by atoms with Crippen molar-refractivity contribution in [2.24, 2.45) is 5.73 Å². The normalized spacial score (nSPS) is 16.5. The van der Waals surface area contributed by atoms with E-state index >= 15 is 0 Å². The van der Waals surface area contributed by atoms with Crippen molar-refractivity contribution in [3.63, 3.8) is 0 Å². The van der Waals surface area contributed by atoms with E-state index in [4.69, 9.17) is 33.7 Å². The Balaban J connectivity index is 2.01. The minimum absolute atomic E-state index is 0.0127. The Kier molecular flexibility index (Phi) is 3.57. The first-order valence-corrected chi connectivity index (χ1v) is 8.13. The average molecular weight is 372 g/mol. The molecule has 0 saturated heterocycles. The van der Waals surface area contributed by atoms with Gasteiger partial charge in [0.1, 0.15) is 16.8 Å². The van der Waals surface area contributed by atoms with E-state index in [1.165, 1.54) is 0 Å². The lowest BCUT2D eigenvalue weighted by molar-refractivity contribution is 0.379. The molecule has 2 aromatic heterocycles. The number of nitriles is 1. The number of allylic oxidation sites excluding steroid dienone is 1. The number of rotatable bonds is 1. The van der Waals surface area contributed by atoms with E-state index in [1.807, 2.05) is 19.1 Å². The van der Waals surface area contributed by atoms with Crippen molar-refractivity contribution >= 4 is 34.1 Å². The van der Waals surface area contributed by atoms with Crippen LogP contribution < -0.4 is 10.5 Å². The molecule has 0 radical (unpaired) electrons. The maximum atomic E-state index is 9.61. The Labute approximate surface area is 152 Å². The lowest BCUT2D eigenvalue weighted by Crippen LogP contribution is -2.21. The smallest absolute Gasteiger partial charge is 0.244 e. The number of hydrogen-bond acceptors (Lipinski definition) is 5. The largest absolute Gasteiger partial charge is 0.420 e. The third-order valence-corrected chi connectivity index (χ3v) is 4.74. The average Bonchev–Trinajstić information content (AvgIpc) is 2.93. The molecule has 0 fully saturated rings. The predicted octanol–water partition coefficient (Wildman–Crippen LogP) is 3.79. The standard InChI is InChI=1S/C17H11Cl2N5O/c1-7-13-14(11(6-20)16(21)25-17(13)24-23-7)10-4-8-2-3-9(18)5-12(8)22-15(10)19/h2-5,14H,21H2,1H3,(H,23,24). The van der Waals surface area contributed by atoms with Crippen LogP contribution in [0.1, 0.15) is 22.7 Å². The minimum atomic E-state index is -0.507. The first kappa shape index (κ1) is 15.8. The highest BCUT2D eigenvalue weighted by Crippen LogP contribution is 2.44. The van der Waals surface area contributed by atoms with Gasteiger partial charge in [-0.25, -0.2) is 4.98 Å². The molecule has 124 valence electrons. The maximum Gasteiger partial charge on any atom is 0.244 e.